The molecule has 0 heterocycles. The Morgan fingerprint density at radius 2 is 1.83 bits per heavy atom. The minimum atomic E-state index is 0.646. The molecule has 0 aliphatic heterocycles. The van der Waals surface area contributed by atoms with Crippen LogP contribution in [0.25, 0.3) is 0 Å². The number of nitrogens with zero attached hydrogens (tertiary/aromatic N) is 1. The van der Waals surface area contributed by atoms with Gasteiger partial charge < -0.3 is 10.2 Å². The molecule has 74 valence electrons. The van der Waals surface area contributed by atoms with Gasteiger partial charge in [-0.3, -0.25) is 0 Å². The van der Waals surface area contributed by atoms with Crippen molar-refractivity contribution in [3.05, 3.63) is 0 Å². The standard InChI is InChI=1S/C10H24N2/c1-6-11-7-10(4)12(5)8-9(2)3/h9-11H,6-8H2,1-5H3. The quantitative estimate of drug-likeness (QED) is 0.654. The van der Waals surface area contributed by atoms with Crippen LogP contribution in [-0.2, 0) is 0 Å². The predicted octanol–water partition coefficient (Wildman–Crippen LogP) is 1.57. The zero-order valence-corrected chi connectivity index (χ0v) is 9.22. The average Bonchev–Trinajstić information content (AvgIpc) is 1.98. The van der Waals surface area contributed by atoms with Crippen molar-refractivity contribution in [2.75, 3.05) is 26.7 Å². The molecule has 0 aliphatic carbocycles. The number of rotatable bonds is 6. The summed E-state index contributed by atoms with van der Waals surface area (Å²) in [4.78, 5) is 2.41. The zero-order chi connectivity index (χ0) is 9.56. The van der Waals surface area contributed by atoms with Gasteiger partial charge in [0.05, 0.1) is 0 Å². The van der Waals surface area contributed by atoms with Gasteiger partial charge in [-0.25, -0.2) is 0 Å². The van der Waals surface area contributed by atoms with Crippen LogP contribution in [0.5, 0.6) is 0 Å². The molecule has 0 saturated carbocycles. The van der Waals surface area contributed by atoms with Crippen molar-refractivity contribution >= 4 is 0 Å². The molecule has 0 amide bonds. The van der Waals surface area contributed by atoms with Crippen LogP contribution in [0.4, 0.5) is 0 Å². The molecular weight excluding hydrogens is 148 g/mol. The van der Waals surface area contributed by atoms with Crippen LogP contribution >= 0.6 is 0 Å². The maximum Gasteiger partial charge on any atom is 0.0189 e. The van der Waals surface area contributed by atoms with Gasteiger partial charge in [0.1, 0.15) is 0 Å². The fourth-order valence-corrected chi connectivity index (χ4v) is 1.26. The van der Waals surface area contributed by atoms with Gasteiger partial charge in [0.2, 0.25) is 0 Å². The average molecular weight is 172 g/mol. The molecule has 0 aliphatic rings. The summed E-state index contributed by atoms with van der Waals surface area (Å²) < 4.78 is 0. The highest BCUT2D eigenvalue weighted by Crippen LogP contribution is 2.00. The molecule has 2 nitrogen and oxygen atoms in total. The molecule has 0 fully saturated rings. The highest BCUT2D eigenvalue weighted by Gasteiger charge is 2.08. The molecule has 0 aromatic rings. The van der Waals surface area contributed by atoms with E-state index in [0.717, 1.165) is 19.0 Å². The lowest BCUT2D eigenvalue weighted by Gasteiger charge is -2.26. The first kappa shape index (κ1) is 11.9. The van der Waals surface area contributed by atoms with Gasteiger partial charge in [-0.05, 0) is 26.4 Å². The second-order valence-electron chi connectivity index (χ2n) is 3.99. The second-order valence-corrected chi connectivity index (χ2v) is 3.99. The van der Waals surface area contributed by atoms with E-state index in [4.69, 9.17) is 0 Å². The van der Waals surface area contributed by atoms with Crippen molar-refractivity contribution in [2.24, 2.45) is 5.92 Å². The number of likely N-dealkylation sites (N-methyl/N-ethyl adjacent to an activating group) is 2. The van der Waals surface area contributed by atoms with Crippen LogP contribution < -0.4 is 5.32 Å². The third kappa shape index (κ3) is 5.56. The molecule has 0 spiro atoms. The molecule has 1 unspecified atom stereocenters. The Hall–Kier alpha value is -0.0800. The van der Waals surface area contributed by atoms with Gasteiger partial charge in [-0.15, -0.1) is 0 Å². The molecule has 0 saturated heterocycles. The van der Waals surface area contributed by atoms with E-state index in [1.165, 1.54) is 6.54 Å². The van der Waals surface area contributed by atoms with Crippen molar-refractivity contribution in [3.63, 3.8) is 0 Å². The van der Waals surface area contributed by atoms with Crippen molar-refractivity contribution in [1.29, 1.82) is 0 Å². The third-order valence-corrected chi connectivity index (χ3v) is 2.10. The SMILES string of the molecule is CCNCC(C)N(C)CC(C)C. The lowest BCUT2D eigenvalue weighted by Crippen LogP contribution is -2.39. The highest BCUT2D eigenvalue weighted by molar-refractivity contribution is 4.66. The van der Waals surface area contributed by atoms with Gasteiger partial charge in [0, 0.05) is 19.1 Å². The van der Waals surface area contributed by atoms with E-state index in [2.05, 4.69) is 45.0 Å². The molecule has 0 aromatic carbocycles. The van der Waals surface area contributed by atoms with E-state index < -0.39 is 0 Å². The normalized spacial score (nSPS) is 14.2. The van der Waals surface area contributed by atoms with E-state index in [0.29, 0.717) is 6.04 Å². The summed E-state index contributed by atoms with van der Waals surface area (Å²) in [5.41, 5.74) is 0. The first-order valence-electron chi connectivity index (χ1n) is 4.98. The minimum absolute atomic E-state index is 0.646. The van der Waals surface area contributed by atoms with Gasteiger partial charge in [-0.2, -0.15) is 0 Å². The van der Waals surface area contributed by atoms with Crippen LogP contribution in [-0.4, -0.2) is 37.6 Å². The molecule has 1 N–H and O–H groups in total. The van der Waals surface area contributed by atoms with Crippen molar-refractivity contribution in [3.8, 4) is 0 Å². The summed E-state index contributed by atoms with van der Waals surface area (Å²) in [6.45, 7) is 12.3. The third-order valence-electron chi connectivity index (χ3n) is 2.10. The Balaban J connectivity index is 3.53. The fraction of sp³-hybridized carbons (Fsp3) is 1.00. The minimum Gasteiger partial charge on any atom is -0.315 e. The van der Waals surface area contributed by atoms with Crippen molar-refractivity contribution in [1.82, 2.24) is 10.2 Å². The van der Waals surface area contributed by atoms with E-state index in [9.17, 15) is 0 Å². The fourth-order valence-electron chi connectivity index (χ4n) is 1.26. The maximum absolute atomic E-state index is 3.36. The van der Waals surface area contributed by atoms with E-state index in [1.54, 1.807) is 0 Å². The first-order chi connectivity index (χ1) is 5.57. The molecule has 0 rings (SSSR count). The highest BCUT2D eigenvalue weighted by atomic mass is 15.1. The second kappa shape index (κ2) is 6.44. The van der Waals surface area contributed by atoms with E-state index in [1.807, 2.05) is 0 Å². The Kier molecular flexibility index (Phi) is 6.39. The Morgan fingerprint density at radius 1 is 1.25 bits per heavy atom. The summed E-state index contributed by atoms with van der Waals surface area (Å²) in [5, 5.41) is 3.36. The van der Waals surface area contributed by atoms with Crippen LogP contribution in [0.3, 0.4) is 0 Å². The van der Waals surface area contributed by atoms with Crippen molar-refractivity contribution < 1.29 is 0 Å². The van der Waals surface area contributed by atoms with Crippen LogP contribution in [0, 0.1) is 5.92 Å². The van der Waals surface area contributed by atoms with Gasteiger partial charge in [0.15, 0.2) is 0 Å². The first-order valence-corrected chi connectivity index (χ1v) is 4.98. The summed E-state index contributed by atoms with van der Waals surface area (Å²) in [6.07, 6.45) is 0. The lowest BCUT2D eigenvalue weighted by molar-refractivity contribution is 0.226. The molecular formula is C10H24N2. The molecule has 0 aromatic heterocycles. The molecule has 1 atom stereocenters. The van der Waals surface area contributed by atoms with Crippen molar-refractivity contribution in [2.45, 2.75) is 33.7 Å². The van der Waals surface area contributed by atoms with E-state index >= 15 is 0 Å². The van der Waals surface area contributed by atoms with E-state index in [-0.39, 0.29) is 0 Å². The van der Waals surface area contributed by atoms with Gasteiger partial charge in [0.25, 0.3) is 0 Å². The number of nitrogens with one attached hydrogen (secondary N) is 1. The van der Waals surface area contributed by atoms with Gasteiger partial charge >= 0.3 is 0 Å². The molecule has 12 heavy (non-hydrogen) atoms. The zero-order valence-electron chi connectivity index (χ0n) is 9.22. The van der Waals surface area contributed by atoms with Gasteiger partial charge in [-0.1, -0.05) is 20.8 Å². The topological polar surface area (TPSA) is 15.3 Å². The van der Waals surface area contributed by atoms with Crippen LogP contribution in [0.1, 0.15) is 27.7 Å². The smallest absolute Gasteiger partial charge is 0.0189 e. The molecule has 2 heteroatoms. The summed E-state index contributed by atoms with van der Waals surface area (Å²) >= 11 is 0. The monoisotopic (exact) mass is 172 g/mol. The Labute approximate surface area is 77.3 Å². The largest absolute Gasteiger partial charge is 0.315 e. The molecule has 0 radical (unpaired) electrons. The molecule has 0 bridgehead atoms. The lowest BCUT2D eigenvalue weighted by atomic mass is 10.2. The Bertz CT molecular complexity index is 102. The summed E-state index contributed by atoms with van der Waals surface area (Å²) in [5.74, 6) is 0.763. The maximum atomic E-state index is 3.36. The summed E-state index contributed by atoms with van der Waals surface area (Å²) in [7, 11) is 2.20. The predicted molar refractivity (Wildman–Crippen MR) is 55.5 cm³/mol. The summed E-state index contributed by atoms with van der Waals surface area (Å²) in [6, 6.07) is 0.646. The van der Waals surface area contributed by atoms with Crippen LogP contribution in [0.15, 0.2) is 0 Å². The number of hydrogen-bond donors (Lipinski definition) is 1. The number of hydrogen-bond acceptors (Lipinski definition) is 2. The Morgan fingerprint density at radius 3 is 2.25 bits per heavy atom. The van der Waals surface area contributed by atoms with Crippen LogP contribution in [0.2, 0.25) is 0 Å².